The summed E-state index contributed by atoms with van der Waals surface area (Å²) in [5.74, 6) is 5.14. The fourth-order valence-electron chi connectivity index (χ4n) is 1.52. The number of nitrogens with one attached hydrogen (secondary N) is 1. The first kappa shape index (κ1) is 14.5. The van der Waals surface area contributed by atoms with E-state index in [1.165, 1.54) is 24.3 Å². The summed E-state index contributed by atoms with van der Waals surface area (Å²) in [5, 5.41) is 0. The minimum Gasteiger partial charge on any atom is -0.406 e. The van der Waals surface area contributed by atoms with Gasteiger partial charge in [0.15, 0.2) is 0 Å². The minimum absolute atomic E-state index is 0.178. The lowest BCUT2D eigenvalue weighted by Crippen LogP contribution is -2.28. The monoisotopic (exact) mass is 260 g/mol. The summed E-state index contributed by atoms with van der Waals surface area (Å²) in [6, 6.07) is 5.41. The molecule has 1 aromatic rings. The van der Waals surface area contributed by atoms with Gasteiger partial charge in [-0.15, -0.1) is 19.8 Å². The zero-order valence-electron chi connectivity index (χ0n) is 9.92. The molecule has 1 aromatic carbocycles. The normalized spacial score (nSPS) is 13.2. The van der Waals surface area contributed by atoms with Gasteiger partial charge in [0.25, 0.3) is 0 Å². The van der Waals surface area contributed by atoms with Crippen molar-refractivity contribution >= 4 is 0 Å². The first-order valence-electron chi connectivity index (χ1n) is 5.28. The molecule has 1 unspecified atom stereocenters. The van der Waals surface area contributed by atoms with Crippen LogP contribution in [0.1, 0.15) is 24.9 Å². The van der Waals surface area contributed by atoms with Gasteiger partial charge in [0.2, 0.25) is 0 Å². The summed E-state index contributed by atoms with van der Waals surface area (Å²) >= 11 is 0. The van der Waals surface area contributed by atoms with Gasteiger partial charge < -0.3 is 4.74 Å². The Balaban J connectivity index is 2.77. The Hall–Kier alpha value is -1.53. The molecule has 1 atom stereocenters. The molecular formula is C12H15F3N2O. The van der Waals surface area contributed by atoms with Gasteiger partial charge in [0.1, 0.15) is 5.75 Å². The lowest BCUT2D eigenvalue weighted by Gasteiger charge is -2.17. The number of ether oxygens (including phenoxy) is 1. The molecule has 0 aromatic heterocycles. The fourth-order valence-corrected chi connectivity index (χ4v) is 1.52. The first-order chi connectivity index (χ1) is 8.31. The average Bonchev–Trinajstić information content (AvgIpc) is 2.24. The van der Waals surface area contributed by atoms with Crippen LogP contribution in [-0.2, 0) is 0 Å². The lowest BCUT2D eigenvalue weighted by molar-refractivity contribution is -0.274. The Morgan fingerprint density at radius 2 is 1.94 bits per heavy atom. The summed E-state index contributed by atoms with van der Waals surface area (Å²) in [5.41, 5.74) is 4.29. The van der Waals surface area contributed by atoms with Crippen LogP contribution in [0.3, 0.4) is 0 Å². The standard InChI is InChI=1S/C12H15F3N2O/c1-8(2)7-11(17-16)9-3-5-10(6-4-9)18-12(13,14)15/h3-6,11,17H,1,7,16H2,2H3. The molecule has 3 N–H and O–H groups in total. The third kappa shape index (κ3) is 4.77. The molecule has 18 heavy (non-hydrogen) atoms. The number of benzene rings is 1. The number of hydrazine groups is 1. The number of nitrogens with two attached hydrogens (primary N) is 1. The van der Waals surface area contributed by atoms with Crippen LogP contribution in [0.25, 0.3) is 0 Å². The molecule has 0 aliphatic rings. The van der Waals surface area contributed by atoms with E-state index in [9.17, 15) is 13.2 Å². The maximum absolute atomic E-state index is 12.0. The Bertz CT molecular complexity index is 401. The second-order valence-corrected chi connectivity index (χ2v) is 4.00. The van der Waals surface area contributed by atoms with Crippen molar-refractivity contribution in [2.45, 2.75) is 25.7 Å². The Morgan fingerprint density at radius 3 is 2.33 bits per heavy atom. The van der Waals surface area contributed by atoms with Crippen molar-refractivity contribution < 1.29 is 17.9 Å². The highest BCUT2D eigenvalue weighted by Crippen LogP contribution is 2.25. The predicted molar refractivity (Wildman–Crippen MR) is 62.6 cm³/mol. The van der Waals surface area contributed by atoms with Crippen LogP contribution in [0.5, 0.6) is 5.75 Å². The Morgan fingerprint density at radius 1 is 1.39 bits per heavy atom. The van der Waals surface area contributed by atoms with Crippen molar-refractivity contribution in [3.8, 4) is 5.75 Å². The summed E-state index contributed by atoms with van der Waals surface area (Å²) in [7, 11) is 0. The molecule has 100 valence electrons. The van der Waals surface area contributed by atoms with Crippen LogP contribution in [0.4, 0.5) is 13.2 Å². The van der Waals surface area contributed by atoms with Gasteiger partial charge in [-0.3, -0.25) is 11.3 Å². The molecular weight excluding hydrogens is 245 g/mol. The van der Waals surface area contributed by atoms with Crippen LogP contribution in [0.2, 0.25) is 0 Å². The van der Waals surface area contributed by atoms with E-state index in [0.29, 0.717) is 6.42 Å². The number of halogens is 3. The summed E-state index contributed by atoms with van der Waals surface area (Å²) in [6.07, 6.45) is -4.07. The predicted octanol–water partition coefficient (Wildman–Crippen LogP) is 3.06. The maximum Gasteiger partial charge on any atom is 0.573 e. The van der Waals surface area contributed by atoms with Crippen molar-refractivity contribution in [2.24, 2.45) is 5.84 Å². The molecule has 0 aliphatic carbocycles. The summed E-state index contributed by atoms with van der Waals surface area (Å²) < 4.78 is 39.7. The molecule has 0 radical (unpaired) electrons. The molecule has 0 aliphatic heterocycles. The van der Waals surface area contributed by atoms with Crippen molar-refractivity contribution in [3.05, 3.63) is 42.0 Å². The highest BCUT2D eigenvalue weighted by atomic mass is 19.4. The van der Waals surface area contributed by atoms with Crippen LogP contribution >= 0.6 is 0 Å². The minimum atomic E-state index is -4.68. The van der Waals surface area contributed by atoms with E-state index < -0.39 is 6.36 Å². The summed E-state index contributed by atoms with van der Waals surface area (Å²) in [4.78, 5) is 0. The second kappa shape index (κ2) is 5.88. The van der Waals surface area contributed by atoms with E-state index in [-0.39, 0.29) is 11.8 Å². The molecule has 0 saturated carbocycles. The summed E-state index contributed by atoms with van der Waals surface area (Å²) in [6.45, 7) is 5.62. The van der Waals surface area contributed by atoms with Crippen molar-refractivity contribution in [1.29, 1.82) is 0 Å². The van der Waals surface area contributed by atoms with E-state index >= 15 is 0 Å². The van der Waals surface area contributed by atoms with E-state index in [1.807, 2.05) is 6.92 Å². The van der Waals surface area contributed by atoms with Crippen LogP contribution in [0.15, 0.2) is 36.4 Å². The molecule has 0 heterocycles. The van der Waals surface area contributed by atoms with Crippen molar-refractivity contribution in [1.82, 2.24) is 5.43 Å². The molecule has 0 fully saturated rings. The number of hydrogen-bond donors (Lipinski definition) is 2. The van der Waals surface area contributed by atoms with Gasteiger partial charge in [0, 0.05) is 6.04 Å². The van der Waals surface area contributed by atoms with Crippen molar-refractivity contribution in [2.75, 3.05) is 0 Å². The second-order valence-electron chi connectivity index (χ2n) is 4.00. The molecule has 0 saturated heterocycles. The molecule has 0 spiro atoms. The Kier molecular flexibility index (Phi) is 4.75. The van der Waals surface area contributed by atoms with Gasteiger partial charge in [0.05, 0.1) is 0 Å². The maximum atomic E-state index is 12.0. The lowest BCUT2D eigenvalue weighted by atomic mass is 10.0. The largest absolute Gasteiger partial charge is 0.573 e. The third-order valence-electron chi connectivity index (χ3n) is 2.27. The van der Waals surface area contributed by atoms with Gasteiger partial charge >= 0.3 is 6.36 Å². The first-order valence-corrected chi connectivity index (χ1v) is 5.28. The Labute approximate surface area is 103 Å². The van der Waals surface area contributed by atoms with E-state index in [4.69, 9.17) is 5.84 Å². The fraction of sp³-hybridized carbons (Fsp3) is 0.333. The quantitative estimate of drug-likeness (QED) is 0.486. The zero-order valence-corrected chi connectivity index (χ0v) is 9.92. The van der Waals surface area contributed by atoms with Crippen molar-refractivity contribution in [3.63, 3.8) is 0 Å². The molecule has 0 bridgehead atoms. The number of alkyl halides is 3. The number of hydrogen-bond acceptors (Lipinski definition) is 3. The molecule has 6 heteroatoms. The highest BCUT2D eigenvalue weighted by Gasteiger charge is 2.31. The van der Waals surface area contributed by atoms with Crippen LogP contribution in [-0.4, -0.2) is 6.36 Å². The number of rotatable bonds is 5. The van der Waals surface area contributed by atoms with Crippen LogP contribution in [0, 0.1) is 0 Å². The SMILES string of the molecule is C=C(C)CC(NN)c1ccc(OC(F)(F)F)cc1. The highest BCUT2D eigenvalue weighted by molar-refractivity contribution is 5.29. The van der Waals surface area contributed by atoms with E-state index in [0.717, 1.165) is 11.1 Å². The van der Waals surface area contributed by atoms with Gasteiger partial charge in [-0.05, 0) is 31.0 Å². The van der Waals surface area contributed by atoms with Gasteiger partial charge in [-0.2, -0.15) is 0 Å². The third-order valence-corrected chi connectivity index (χ3v) is 2.27. The van der Waals surface area contributed by atoms with Gasteiger partial charge in [-0.25, -0.2) is 0 Å². The van der Waals surface area contributed by atoms with Gasteiger partial charge in [-0.1, -0.05) is 17.7 Å². The molecule has 3 nitrogen and oxygen atoms in total. The molecule has 1 rings (SSSR count). The molecule has 0 amide bonds. The van der Waals surface area contributed by atoms with E-state index in [1.54, 1.807) is 0 Å². The average molecular weight is 260 g/mol. The van der Waals surface area contributed by atoms with Crippen LogP contribution < -0.4 is 16.0 Å². The zero-order chi connectivity index (χ0) is 13.8. The van der Waals surface area contributed by atoms with E-state index in [2.05, 4.69) is 16.7 Å². The smallest absolute Gasteiger partial charge is 0.406 e. The topological polar surface area (TPSA) is 47.3 Å².